The molecule has 8 heteroatoms. The van der Waals surface area contributed by atoms with E-state index < -0.39 is 0 Å². The summed E-state index contributed by atoms with van der Waals surface area (Å²) in [7, 11) is 1.62. The molecule has 0 bridgehead atoms. The Morgan fingerprint density at radius 3 is 2.27 bits per heavy atom. The molecule has 2 heterocycles. The zero-order valence-electron chi connectivity index (χ0n) is 18.7. The smallest absolute Gasteiger partial charge is 0.259 e. The summed E-state index contributed by atoms with van der Waals surface area (Å²) >= 11 is 0. The summed E-state index contributed by atoms with van der Waals surface area (Å²) in [4.78, 5) is 29.4. The van der Waals surface area contributed by atoms with Gasteiger partial charge in [-0.1, -0.05) is 17.3 Å². The van der Waals surface area contributed by atoms with E-state index in [0.717, 1.165) is 11.3 Å². The molecule has 0 atom stereocenters. The Kier molecular flexibility index (Phi) is 6.72. The van der Waals surface area contributed by atoms with Crippen LogP contribution in [0, 0.1) is 12.7 Å². The van der Waals surface area contributed by atoms with Crippen LogP contribution >= 0.6 is 0 Å². The number of hydrogen-bond donors (Lipinski definition) is 0. The largest absolute Gasteiger partial charge is 0.497 e. The van der Waals surface area contributed by atoms with E-state index in [1.165, 1.54) is 12.1 Å². The third-order valence-corrected chi connectivity index (χ3v) is 5.90. The van der Waals surface area contributed by atoms with Gasteiger partial charge < -0.3 is 19.1 Å². The SMILES string of the molecule is COc1ccc(CCC(=O)N2CCN(C(=O)c3c(-c4ccc(F)cc4)noc3C)CC2)cc1. The highest BCUT2D eigenvalue weighted by Crippen LogP contribution is 2.27. The van der Waals surface area contributed by atoms with Crippen molar-refractivity contribution in [1.82, 2.24) is 15.0 Å². The average Bonchev–Trinajstić information content (AvgIpc) is 3.24. The minimum Gasteiger partial charge on any atom is -0.497 e. The van der Waals surface area contributed by atoms with Crippen molar-refractivity contribution in [2.75, 3.05) is 33.3 Å². The van der Waals surface area contributed by atoms with Crippen molar-refractivity contribution in [3.05, 3.63) is 71.2 Å². The van der Waals surface area contributed by atoms with E-state index in [9.17, 15) is 14.0 Å². The van der Waals surface area contributed by atoms with E-state index in [1.54, 1.807) is 36.0 Å². The summed E-state index contributed by atoms with van der Waals surface area (Å²) in [6.07, 6.45) is 1.07. The molecule has 1 saturated heterocycles. The summed E-state index contributed by atoms with van der Waals surface area (Å²) in [5, 5.41) is 4.02. The number of nitrogens with zero attached hydrogens (tertiary/aromatic N) is 3. The number of carbonyl (C=O) groups is 2. The third-order valence-electron chi connectivity index (χ3n) is 5.90. The molecular formula is C25H26FN3O4. The Balaban J connectivity index is 1.35. The van der Waals surface area contributed by atoms with Crippen LogP contribution in [0.3, 0.4) is 0 Å². The molecule has 0 aliphatic carbocycles. The number of methoxy groups -OCH3 is 1. The minimum absolute atomic E-state index is 0.0751. The molecule has 0 saturated carbocycles. The maximum Gasteiger partial charge on any atom is 0.259 e. The van der Waals surface area contributed by atoms with E-state index in [2.05, 4.69) is 5.16 Å². The van der Waals surface area contributed by atoms with Gasteiger partial charge in [0.25, 0.3) is 5.91 Å². The van der Waals surface area contributed by atoms with Gasteiger partial charge in [0, 0.05) is 38.2 Å². The first-order valence-electron chi connectivity index (χ1n) is 10.9. The first kappa shape index (κ1) is 22.5. The lowest BCUT2D eigenvalue weighted by Gasteiger charge is -2.35. The van der Waals surface area contributed by atoms with Crippen LogP contribution in [0.25, 0.3) is 11.3 Å². The predicted molar refractivity (Wildman–Crippen MR) is 120 cm³/mol. The second kappa shape index (κ2) is 9.85. The predicted octanol–water partition coefficient (Wildman–Crippen LogP) is 3.71. The Morgan fingerprint density at radius 2 is 1.64 bits per heavy atom. The van der Waals surface area contributed by atoms with Gasteiger partial charge in [0.15, 0.2) is 0 Å². The lowest BCUT2D eigenvalue weighted by molar-refractivity contribution is -0.132. The number of hydrogen-bond acceptors (Lipinski definition) is 5. The summed E-state index contributed by atoms with van der Waals surface area (Å²) in [5.41, 5.74) is 2.47. The fraction of sp³-hybridized carbons (Fsp3) is 0.320. The number of aromatic nitrogens is 1. The monoisotopic (exact) mass is 451 g/mol. The second-order valence-corrected chi connectivity index (χ2v) is 7.99. The molecule has 33 heavy (non-hydrogen) atoms. The average molecular weight is 451 g/mol. The van der Waals surface area contributed by atoms with Gasteiger partial charge in [0.1, 0.15) is 28.6 Å². The van der Waals surface area contributed by atoms with Gasteiger partial charge >= 0.3 is 0 Å². The fourth-order valence-corrected chi connectivity index (χ4v) is 3.95. The van der Waals surface area contributed by atoms with Crippen molar-refractivity contribution in [1.29, 1.82) is 0 Å². The topological polar surface area (TPSA) is 75.9 Å². The Labute approximate surface area is 191 Å². The first-order chi connectivity index (χ1) is 16.0. The van der Waals surface area contributed by atoms with Gasteiger partial charge in [0.05, 0.1) is 7.11 Å². The number of halogens is 1. The van der Waals surface area contributed by atoms with Gasteiger partial charge in [-0.15, -0.1) is 0 Å². The lowest BCUT2D eigenvalue weighted by atomic mass is 10.0. The highest BCUT2D eigenvalue weighted by Gasteiger charge is 2.29. The molecule has 4 rings (SSSR count). The number of aryl methyl sites for hydroxylation is 2. The molecule has 2 amide bonds. The van der Waals surface area contributed by atoms with Crippen molar-refractivity contribution in [2.24, 2.45) is 0 Å². The lowest BCUT2D eigenvalue weighted by Crippen LogP contribution is -2.50. The summed E-state index contributed by atoms with van der Waals surface area (Å²) < 4.78 is 23.7. The molecule has 1 fully saturated rings. The molecule has 172 valence electrons. The van der Waals surface area contributed by atoms with Crippen molar-refractivity contribution < 1.29 is 23.2 Å². The molecule has 0 radical (unpaired) electrons. The Hall–Kier alpha value is -3.68. The molecule has 7 nitrogen and oxygen atoms in total. The zero-order chi connectivity index (χ0) is 23.4. The summed E-state index contributed by atoms with van der Waals surface area (Å²) in [6, 6.07) is 13.5. The van der Waals surface area contributed by atoms with Crippen LogP contribution in [-0.2, 0) is 11.2 Å². The molecule has 1 aromatic heterocycles. The molecule has 1 aliphatic rings. The van der Waals surface area contributed by atoms with Crippen LogP contribution in [0.5, 0.6) is 5.75 Å². The van der Waals surface area contributed by atoms with Crippen molar-refractivity contribution in [3.63, 3.8) is 0 Å². The molecule has 0 unspecified atom stereocenters. The van der Waals surface area contributed by atoms with E-state index in [1.807, 2.05) is 24.3 Å². The van der Waals surface area contributed by atoms with Crippen molar-refractivity contribution in [2.45, 2.75) is 19.8 Å². The zero-order valence-corrected chi connectivity index (χ0v) is 18.7. The standard InChI is InChI=1S/C25H26FN3O4/c1-17-23(24(27-33-17)19-6-8-20(26)9-7-19)25(31)29-15-13-28(14-16-29)22(30)12-5-18-3-10-21(32-2)11-4-18/h3-4,6-11H,5,12-16H2,1-2H3. The van der Waals surface area contributed by atoms with Gasteiger partial charge in [-0.25, -0.2) is 4.39 Å². The van der Waals surface area contributed by atoms with Crippen LogP contribution in [-0.4, -0.2) is 60.1 Å². The van der Waals surface area contributed by atoms with Crippen LogP contribution in [0.15, 0.2) is 53.1 Å². The van der Waals surface area contributed by atoms with E-state index >= 15 is 0 Å². The second-order valence-electron chi connectivity index (χ2n) is 7.99. The quantitative estimate of drug-likeness (QED) is 0.571. The maximum absolute atomic E-state index is 13.3. The number of piperazine rings is 1. The Bertz CT molecular complexity index is 1120. The van der Waals surface area contributed by atoms with Gasteiger partial charge in [0.2, 0.25) is 5.91 Å². The van der Waals surface area contributed by atoms with Crippen LogP contribution in [0.4, 0.5) is 4.39 Å². The molecule has 3 aromatic rings. The van der Waals surface area contributed by atoms with Crippen molar-refractivity contribution >= 4 is 11.8 Å². The van der Waals surface area contributed by atoms with E-state index in [4.69, 9.17) is 9.26 Å². The molecular weight excluding hydrogens is 425 g/mol. The van der Waals surface area contributed by atoms with Crippen LogP contribution in [0.2, 0.25) is 0 Å². The highest BCUT2D eigenvalue weighted by atomic mass is 19.1. The summed E-state index contributed by atoms with van der Waals surface area (Å²) in [6.45, 7) is 3.50. The van der Waals surface area contributed by atoms with Crippen LogP contribution < -0.4 is 4.74 Å². The van der Waals surface area contributed by atoms with E-state index in [-0.39, 0.29) is 17.6 Å². The van der Waals surface area contributed by atoms with Crippen LogP contribution in [0.1, 0.15) is 28.1 Å². The number of rotatable bonds is 6. The number of benzene rings is 2. The normalized spacial score (nSPS) is 13.8. The highest BCUT2D eigenvalue weighted by molar-refractivity contribution is 6.01. The van der Waals surface area contributed by atoms with E-state index in [0.29, 0.717) is 61.6 Å². The fourth-order valence-electron chi connectivity index (χ4n) is 3.95. The number of ether oxygens (including phenoxy) is 1. The third kappa shape index (κ3) is 5.05. The molecule has 1 aliphatic heterocycles. The molecule has 2 aromatic carbocycles. The van der Waals surface area contributed by atoms with Gasteiger partial charge in [-0.2, -0.15) is 0 Å². The summed E-state index contributed by atoms with van der Waals surface area (Å²) in [5.74, 6) is 0.720. The number of carbonyl (C=O) groups excluding carboxylic acids is 2. The van der Waals surface area contributed by atoms with Gasteiger partial charge in [-0.05, 0) is 55.3 Å². The Morgan fingerprint density at radius 1 is 1.00 bits per heavy atom. The molecule has 0 N–H and O–H groups in total. The first-order valence-corrected chi connectivity index (χ1v) is 10.9. The van der Waals surface area contributed by atoms with Crippen molar-refractivity contribution in [3.8, 4) is 17.0 Å². The minimum atomic E-state index is -0.361. The van der Waals surface area contributed by atoms with Gasteiger partial charge in [-0.3, -0.25) is 9.59 Å². The number of amides is 2. The maximum atomic E-state index is 13.3. The molecule has 0 spiro atoms.